The van der Waals surface area contributed by atoms with Gasteiger partial charge in [0.1, 0.15) is 46.0 Å². The van der Waals surface area contributed by atoms with Crippen LogP contribution in [0.2, 0.25) is 10.0 Å². The van der Waals surface area contributed by atoms with Crippen LogP contribution in [0.4, 0.5) is 26.3 Å². The van der Waals surface area contributed by atoms with Gasteiger partial charge in [-0.1, -0.05) is 35.3 Å². The predicted molar refractivity (Wildman–Crippen MR) is 238 cm³/mol. The zero-order chi connectivity index (χ0) is 50.0. The second-order valence-corrected chi connectivity index (χ2v) is 17.6. The van der Waals surface area contributed by atoms with Crippen molar-refractivity contribution in [1.29, 1.82) is 0 Å². The summed E-state index contributed by atoms with van der Waals surface area (Å²) >= 11 is 12.3. The second-order valence-electron chi connectivity index (χ2n) is 16.7. The molecule has 4 bridgehead atoms. The highest BCUT2D eigenvalue weighted by Gasteiger charge is 2.40. The molecule has 0 saturated heterocycles. The van der Waals surface area contributed by atoms with Gasteiger partial charge in [0.25, 0.3) is 23.6 Å². The maximum Gasteiger partial charge on any atom is 0.274 e. The topological polar surface area (TPSA) is 183 Å². The molecule has 4 amide bonds. The Morgan fingerprint density at radius 3 is 1.29 bits per heavy atom. The molecule has 70 heavy (non-hydrogen) atoms. The molecule has 2 aromatic heterocycles. The number of rotatable bonds is 6. The molecule has 22 heteroatoms. The summed E-state index contributed by atoms with van der Waals surface area (Å²) in [5, 5.41) is 26.8. The number of fused-ring (bicyclic) bond motifs is 12. The first kappa shape index (κ1) is 47.5. The van der Waals surface area contributed by atoms with Crippen LogP contribution in [0.3, 0.4) is 0 Å². The maximum absolute atomic E-state index is 13.9. The lowest BCUT2D eigenvalue weighted by atomic mass is 9.97. The Bertz CT molecular complexity index is 3120. The van der Waals surface area contributed by atoms with Crippen LogP contribution in [0.5, 0.6) is 11.5 Å². The molecule has 0 fully saturated rings. The Balaban J connectivity index is 0.000000174. The predicted octanol–water partition coefficient (Wildman–Crippen LogP) is 6.31. The maximum atomic E-state index is 13.9. The van der Waals surface area contributed by atoms with Gasteiger partial charge in [0.05, 0.1) is 12.1 Å². The van der Waals surface area contributed by atoms with Gasteiger partial charge in [0.15, 0.2) is 22.9 Å². The van der Waals surface area contributed by atoms with Gasteiger partial charge in [-0.15, -0.1) is 0 Å². The van der Waals surface area contributed by atoms with Crippen molar-refractivity contribution >= 4 is 46.8 Å². The molecule has 4 N–H and O–H groups in total. The second kappa shape index (κ2) is 18.4. The summed E-state index contributed by atoms with van der Waals surface area (Å²) in [5.41, 5.74) is -1.52. The third kappa shape index (κ3) is 8.50. The molecule has 360 valence electrons. The van der Waals surface area contributed by atoms with Crippen LogP contribution in [-0.4, -0.2) is 79.0 Å². The minimum atomic E-state index is -1.20. The number of amides is 4. The molecule has 4 aromatic carbocycles. The van der Waals surface area contributed by atoms with E-state index in [4.69, 9.17) is 23.2 Å². The van der Waals surface area contributed by atoms with E-state index in [9.17, 15) is 65.3 Å². The van der Waals surface area contributed by atoms with Crippen molar-refractivity contribution in [2.45, 2.75) is 38.0 Å². The van der Waals surface area contributed by atoms with Crippen molar-refractivity contribution in [3.05, 3.63) is 194 Å². The Morgan fingerprint density at radius 1 is 0.571 bits per heavy atom. The molecule has 0 aliphatic carbocycles. The molecule has 4 aliphatic heterocycles. The van der Waals surface area contributed by atoms with Crippen LogP contribution < -0.4 is 21.5 Å². The van der Waals surface area contributed by atoms with Gasteiger partial charge in [0, 0.05) is 97.1 Å². The van der Waals surface area contributed by atoms with E-state index in [1.807, 2.05) is 0 Å². The lowest BCUT2D eigenvalue weighted by molar-refractivity contribution is 0.0679. The molecule has 0 unspecified atom stereocenters. The molecule has 0 spiro atoms. The third-order valence-electron chi connectivity index (χ3n) is 12.6. The Labute approximate surface area is 400 Å². The number of nitrogens with zero attached hydrogens (tertiary/aromatic N) is 4. The summed E-state index contributed by atoms with van der Waals surface area (Å²) in [7, 11) is 0. The van der Waals surface area contributed by atoms with Crippen LogP contribution in [0, 0.1) is 34.9 Å². The highest BCUT2D eigenvalue weighted by Crippen LogP contribution is 2.38. The molecular weight excluding hydrogens is 973 g/mol. The normalized spacial score (nSPS) is 16.4. The Morgan fingerprint density at radius 2 is 0.929 bits per heavy atom. The van der Waals surface area contributed by atoms with Gasteiger partial charge >= 0.3 is 0 Å². The number of nitrogens with one attached hydrogen (secondary N) is 2. The first-order valence-corrected chi connectivity index (χ1v) is 22.0. The van der Waals surface area contributed by atoms with Crippen LogP contribution in [0.1, 0.15) is 87.2 Å². The average Bonchev–Trinajstić information content (AvgIpc) is 3.58. The standard InChI is InChI=1S/2C24H17ClF3N3O4/c2*25-12-1-2-14-11(5-12)3-4-30-10-19(14)31-9-16(21(32)22(33)20(31)24(30)35)23(34)29-8-15-17(27)6-13(26)7-18(15)28/h2*1-2,5-7,9,19,33H,3-4,8,10H2,(H,29,34)/t2*19-/m10/s1. The number of halogens is 8. The number of pyridine rings is 2. The number of aromatic hydroxyl groups is 2. The monoisotopic (exact) mass is 1010 g/mol. The quantitative estimate of drug-likeness (QED) is 0.140. The lowest BCUT2D eigenvalue weighted by Crippen LogP contribution is -2.45. The van der Waals surface area contributed by atoms with Crippen LogP contribution in [0.25, 0.3) is 0 Å². The Kier molecular flexibility index (Phi) is 12.5. The van der Waals surface area contributed by atoms with Crippen molar-refractivity contribution in [3.8, 4) is 11.5 Å². The molecule has 0 radical (unpaired) electrons. The molecule has 10 rings (SSSR count). The zero-order valence-corrected chi connectivity index (χ0v) is 37.4. The first-order valence-electron chi connectivity index (χ1n) is 21.3. The molecular formula is C48H34Cl2F6N6O8. The summed E-state index contributed by atoms with van der Waals surface area (Å²) in [6.45, 7) is -0.140. The molecule has 6 aromatic rings. The fraction of sp³-hybridized carbons (Fsp3) is 0.208. The molecule has 14 nitrogen and oxygen atoms in total. The highest BCUT2D eigenvalue weighted by molar-refractivity contribution is 6.31. The van der Waals surface area contributed by atoms with Gasteiger partial charge in [-0.05, 0) is 59.4 Å². The summed E-state index contributed by atoms with van der Waals surface area (Å²) < 4.78 is 84.8. The van der Waals surface area contributed by atoms with Crippen molar-refractivity contribution < 1.29 is 55.7 Å². The summed E-state index contributed by atoms with van der Waals surface area (Å²) in [6.07, 6.45) is 3.35. The van der Waals surface area contributed by atoms with E-state index in [0.717, 1.165) is 34.6 Å². The first-order chi connectivity index (χ1) is 33.3. The third-order valence-corrected chi connectivity index (χ3v) is 13.1. The van der Waals surface area contributed by atoms with E-state index < -0.39 is 128 Å². The minimum absolute atomic E-state index is 0.246. The van der Waals surface area contributed by atoms with E-state index in [1.165, 1.54) is 18.9 Å². The highest BCUT2D eigenvalue weighted by atomic mass is 35.5. The van der Waals surface area contributed by atoms with Crippen molar-refractivity contribution in [3.63, 3.8) is 0 Å². The molecule has 4 aliphatic rings. The summed E-state index contributed by atoms with van der Waals surface area (Å²) in [5.74, 6) is -12.0. The molecule has 2 atom stereocenters. The smallest absolute Gasteiger partial charge is 0.274 e. The van der Waals surface area contributed by atoms with Crippen molar-refractivity contribution in [1.82, 2.24) is 29.6 Å². The Hall–Kier alpha value is -7.58. The number of hydrogen-bond donors (Lipinski definition) is 4. The van der Waals surface area contributed by atoms with E-state index >= 15 is 0 Å². The van der Waals surface area contributed by atoms with Crippen molar-refractivity contribution in [2.24, 2.45) is 0 Å². The summed E-state index contributed by atoms with van der Waals surface area (Å²) in [4.78, 5) is 80.3. The number of carbonyl (C=O) groups is 4. The lowest BCUT2D eigenvalue weighted by Gasteiger charge is -2.35. The minimum Gasteiger partial charge on any atom is -0.503 e. The van der Waals surface area contributed by atoms with Crippen molar-refractivity contribution in [2.75, 3.05) is 26.2 Å². The van der Waals surface area contributed by atoms with E-state index in [0.29, 0.717) is 60.2 Å². The van der Waals surface area contributed by atoms with Gasteiger partial charge in [-0.25, -0.2) is 26.3 Å². The SMILES string of the molecule is O=C(NCc1c(F)cc(F)cc1F)c1cn2c(c(O)c1=O)C(=O)N1CCc3cc(Cl)ccc3[C@@H]2C1.O=C(NCc1c(F)cc(F)cc1F)c1cn2c(c(O)c1=O)C(=O)N1CCc3cc(Cl)ccc3[C@H]2C1. The fourth-order valence-corrected chi connectivity index (χ4v) is 9.56. The van der Waals surface area contributed by atoms with Crippen LogP contribution in [-0.2, 0) is 25.9 Å². The van der Waals surface area contributed by atoms with Gasteiger partial charge in [-0.2, -0.15) is 0 Å². The van der Waals surface area contributed by atoms with E-state index in [1.54, 1.807) is 36.4 Å². The van der Waals surface area contributed by atoms with Gasteiger partial charge < -0.3 is 39.8 Å². The number of hydrogen-bond acceptors (Lipinski definition) is 8. The molecule has 0 saturated carbocycles. The van der Waals surface area contributed by atoms with E-state index in [-0.39, 0.29) is 24.5 Å². The largest absolute Gasteiger partial charge is 0.503 e. The molecule has 6 heterocycles. The van der Waals surface area contributed by atoms with Crippen LogP contribution >= 0.6 is 23.2 Å². The van der Waals surface area contributed by atoms with Gasteiger partial charge in [0.2, 0.25) is 10.9 Å². The average molecular weight is 1010 g/mol. The number of carbonyl (C=O) groups excluding carboxylic acids is 4. The van der Waals surface area contributed by atoms with Gasteiger partial charge in [-0.3, -0.25) is 28.8 Å². The number of benzene rings is 4. The summed E-state index contributed by atoms with van der Waals surface area (Å²) in [6, 6.07) is 11.4. The fourth-order valence-electron chi connectivity index (χ4n) is 9.17. The van der Waals surface area contributed by atoms with E-state index in [2.05, 4.69) is 10.6 Å². The number of aromatic nitrogens is 2. The van der Waals surface area contributed by atoms with Crippen LogP contribution in [0.15, 0.2) is 82.6 Å². The zero-order valence-electron chi connectivity index (χ0n) is 35.9.